The van der Waals surface area contributed by atoms with Crippen molar-refractivity contribution in [1.82, 2.24) is 29.9 Å². The van der Waals surface area contributed by atoms with Gasteiger partial charge in [0, 0.05) is 25.8 Å². The van der Waals surface area contributed by atoms with Crippen LogP contribution < -0.4 is 10.2 Å². The van der Waals surface area contributed by atoms with Crippen LogP contribution in [0.5, 0.6) is 0 Å². The third-order valence-corrected chi connectivity index (χ3v) is 7.20. The van der Waals surface area contributed by atoms with Crippen molar-refractivity contribution in [3.8, 4) is 28.7 Å². The molecule has 0 spiro atoms. The molecule has 6 rings (SSSR count). The van der Waals surface area contributed by atoms with Gasteiger partial charge in [0.05, 0.1) is 54.1 Å². The lowest BCUT2D eigenvalue weighted by molar-refractivity contribution is 0.186. The van der Waals surface area contributed by atoms with Gasteiger partial charge in [-0.25, -0.2) is 19.6 Å². The molecule has 1 N–H and O–H groups in total. The number of hydrogen-bond acceptors (Lipinski definition) is 9. The smallest absolute Gasteiger partial charge is 0.224 e. The first-order valence-electron chi connectivity index (χ1n) is 14.0. The number of rotatable bonds is 10. The maximum atomic E-state index is 9.46. The molecular formula is C32H31N9O. The lowest BCUT2D eigenvalue weighted by Crippen LogP contribution is -2.19. The van der Waals surface area contributed by atoms with Crippen LogP contribution in [-0.4, -0.2) is 56.8 Å². The summed E-state index contributed by atoms with van der Waals surface area (Å²) in [4.78, 5) is 16.8. The molecule has 210 valence electrons. The minimum absolute atomic E-state index is 0.172. The van der Waals surface area contributed by atoms with Gasteiger partial charge < -0.3 is 15.0 Å². The molecule has 42 heavy (non-hydrogen) atoms. The van der Waals surface area contributed by atoms with Crippen LogP contribution in [0.2, 0.25) is 0 Å². The third-order valence-electron chi connectivity index (χ3n) is 7.20. The Morgan fingerprint density at radius 2 is 1.71 bits per heavy atom. The minimum atomic E-state index is -0.172. The van der Waals surface area contributed by atoms with E-state index in [1.165, 1.54) is 12.8 Å². The Balaban J connectivity index is 1.32. The minimum Gasteiger partial charge on any atom is -0.382 e. The third kappa shape index (κ3) is 6.27. The van der Waals surface area contributed by atoms with Gasteiger partial charge in [0.1, 0.15) is 11.5 Å². The average Bonchev–Trinajstić information content (AvgIpc) is 3.75. The monoisotopic (exact) mass is 557 g/mol. The van der Waals surface area contributed by atoms with Crippen molar-refractivity contribution in [3.05, 3.63) is 102 Å². The zero-order valence-corrected chi connectivity index (χ0v) is 23.4. The zero-order chi connectivity index (χ0) is 28.7. The highest BCUT2D eigenvalue weighted by molar-refractivity contribution is 5.68. The fourth-order valence-electron chi connectivity index (χ4n) is 5.10. The number of hydrogen-bond donors (Lipinski definition) is 1. The van der Waals surface area contributed by atoms with Crippen molar-refractivity contribution in [2.24, 2.45) is 0 Å². The molecule has 3 aromatic heterocycles. The van der Waals surface area contributed by atoms with E-state index in [1.54, 1.807) is 17.9 Å². The molecule has 0 radical (unpaired) electrons. The van der Waals surface area contributed by atoms with Gasteiger partial charge >= 0.3 is 0 Å². The van der Waals surface area contributed by atoms with Crippen LogP contribution >= 0.6 is 0 Å². The molecule has 0 saturated carbocycles. The van der Waals surface area contributed by atoms with Gasteiger partial charge in [-0.1, -0.05) is 53.7 Å². The lowest BCUT2D eigenvalue weighted by Gasteiger charge is -2.19. The Labute approximate surface area is 244 Å². The highest BCUT2D eigenvalue weighted by atomic mass is 16.5. The van der Waals surface area contributed by atoms with E-state index >= 15 is 0 Å². The van der Waals surface area contributed by atoms with Gasteiger partial charge in [-0.3, -0.25) is 0 Å². The molecule has 10 nitrogen and oxygen atoms in total. The van der Waals surface area contributed by atoms with Crippen molar-refractivity contribution >= 4 is 11.8 Å². The van der Waals surface area contributed by atoms with Gasteiger partial charge in [0.15, 0.2) is 0 Å². The van der Waals surface area contributed by atoms with Gasteiger partial charge in [-0.05, 0) is 48.7 Å². The van der Waals surface area contributed by atoms with Crippen LogP contribution in [0, 0.1) is 11.3 Å². The number of nitrogens with zero attached hydrogens (tertiary/aromatic N) is 8. The highest BCUT2D eigenvalue weighted by Crippen LogP contribution is 2.27. The molecule has 0 aliphatic carbocycles. The van der Waals surface area contributed by atoms with E-state index < -0.39 is 0 Å². The fraction of sp³-hybridized carbons (Fsp3) is 0.250. The Hall–Kier alpha value is -5.14. The largest absolute Gasteiger partial charge is 0.382 e. The first-order chi connectivity index (χ1) is 20.7. The van der Waals surface area contributed by atoms with E-state index in [0.717, 1.165) is 35.7 Å². The summed E-state index contributed by atoms with van der Waals surface area (Å²) in [6.45, 7) is 3.01. The number of ether oxygens (including phenoxy) is 1. The van der Waals surface area contributed by atoms with Crippen LogP contribution in [0.4, 0.5) is 11.8 Å². The number of nitrogens with one attached hydrogen (secondary N) is 1. The highest BCUT2D eigenvalue weighted by Gasteiger charge is 2.18. The maximum Gasteiger partial charge on any atom is 0.224 e. The summed E-state index contributed by atoms with van der Waals surface area (Å²) in [5, 5.41) is 21.7. The van der Waals surface area contributed by atoms with Crippen LogP contribution in [0.15, 0.2) is 85.1 Å². The summed E-state index contributed by atoms with van der Waals surface area (Å²) < 4.78 is 7.27. The molecule has 2 aromatic carbocycles. The number of aromatic nitrogens is 6. The zero-order valence-electron chi connectivity index (χ0n) is 23.4. The van der Waals surface area contributed by atoms with Crippen molar-refractivity contribution in [2.75, 3.05) is 37.0 Å². The van der Waals surface area contributed by atoms with E-state index in [0.29, 0.717) is 41.7 Å². The molecule has 1 atom stereocenters. The Kier molecular flexibility index (Phi) is 8.10. The van der Waals surface area contributed by atoms with Gasteiger partial charge in [-0.15, -0.1) is 5.10 Å². The van der Waals surface area contributed by atoms with Gasteiger partial charge in [0.25, 0.3) is 0 Å². The summed E-state index contributed by atoms with van der Waals surface area (Å²) in [5.41, 5.74) is 5.21. The van der Waals surface area contributed by atoms with Crippen LogP contribution in [-0.2, 0) is 11.3 Å². The second-order valence-electron chi connectivity index (χ2n) is 10.2. The number of benzene rings is 2. The molecule has 1 saturated heterocycles. The number of anilines is 2. The Morgan fingerprint density at radius 3 is 2.52 bits per heavy atom. The predicted octanol–water partition coefficient (Wildman–Crippen LogP) is 5.12. The molecule has 1 fully saturated rings. The predicted molar refractivity (Wildman–Crippen MR) is 161 cm³/mol. The van der Waals surface area contributed by atoms with Gasteiger partial charge in [-0.2, -0.15) is 5.26 Å². The summed E-state index contributed by atoms with van der Waals surface area (Å²) >= 11 is 0. The summed E-state index contributed by atoms with van der Waals surface area (Å²) in [6.07, 6.45) is 4.28. The topological polar surface area (TPSA) is 118 Å². The number of pyridine rings is 1. The summed E-state index contributed by atoms with van der Waals surface area (Å²) in [6, 6.07) is 27.4. The van der Waals surface area contributed by atoms with Crippen LogP contribution in [0.1, 0.15) is 35.7 Å². The molecule has 1 aliphatic heterocycles. The second kappa shape index (κ2) is 12.6. The van der Waals surface area contributed by atoms with Crippen molar-refractivity contribution in [1.29, 1.82) is 5.26 Å². The first kappa shape index (κ1) is 27.1. The molecule has 1 aliphatic rings. The Morgan fingerprint density at radius 1 is 0.905 bits per heavy atom. The molecule has 0 bridgehead atoms. The van der Waals surface area contributed by atoms with E-state index in [-0.39, 0.29) is 6.04 Å². The lowest BCUT2D eigenvalue weighted by atomic mass is 10.1. The van der Waals surface area contributed by atoms with E-state index in [4.69, 9.17) is 19.7 Å². The van der Waals surface area contributed by atoms with Crippen molar-refractivity contribution in [3.63, 3.8) is 0 Å². The second-order valence-corrected chi connectivity index (χ2v) is 10.2. The molecule has 5 aromatic rings. The quantitative estimate of drug-likeness (QED) is 0.250. The van der Waals surface area contributed by atoms with E-state index in [9.17, 15) is 5.26 Å². The summed E-state index contributed by atoms with van der Waals surface area (Å²) in [5.74, 6) is 1.43. The van der Waals surface area contributed by atoms with Gasteiger partial charge in [0.2, 0.25) is 5.95 Å². The number of nitriles is 1. The van der Waals surface area contributed by atoms with Crippen LogP contribution in [0.25, 0.3) is 22.6 Å². The van der Waals surface area contributed by atoms with E-state index in [1.807, 2.05) is 72.9 Å². The maximum absolute atomic E-state index is 9.46. The van der Waals surface area contributed by atoms with Crippen molar-refractivity contribution < 1.29 is 4.74 Å². The molecular weight excluding hydrogens is 526 g/mol. The normalized spacial score (nSPS) is 13.6. The molecule has 0 amide bonds. The number of methoxy groups -OCH3 is 1. The molecule has 10 heteroatoms. The summed E-state index contributed by atoms with van der Waals surface area (Å²) in [7, 11) is 1.67. The fourth-order valence-corrected chi connectivity index (χ4v) is 5.10. The first-order valence-corrected chi connectivity index (χ1v) is 14.0. The Bertz CT molecular complexity index is 1690. The molecule has 4 heterocycles. The van der Waals surface area contributed by atoms with Crippen molar-refractivity contribution in [2.45, 2.75) is 25.4 Å². The van der Waals surface area contributed by atoms with E-state index in [2.05, 4.69) is 32.7 Å². The molecule has 0 unspecified atom stereocenters. The standard InChI is InChI=1S/C32H31N9O/c1-42-22-30(24-10-3-2-4-11-24)37-32-35-27(25-12-7-9-23(17-25)19-33)18-28(36-32)29-21-41(39-38-29)20-26-13-8-14-31(34-26)40-15-5-6-16-40/h2-4,7-14,17-18,21,30H,5-6,15-16,20,22H2,1H3,(H,35,36,37)/t30-/m0/s1. The average molecular weight is 558 g/mol. The SMILES string of the molecule is COC[C@H](Nc1nc(-c2cccc(C#N)c2)cc(-c2cn(Cc3cccc(N4CCCC4)n3)nn2)n1)c1ccccc1. The van der Waals surface area contributed by atoms with Crippen LogP contribution in [0.3, 0.4) is 0 Å².